The van der Waals surface area contributed by atoms with Gasteiger partial charge in [0.25, 0.3) is 0 Å². The molecule has 1 saturated heterocycles. The van der Waals surface area contributed by atoms with Crippen molar-refractivity contribution in [1.82, 2.24) is 9.55 Å². The molecule has 0 aliphatic carbocycles. The number of nitrogens with zero attached hydrogens (tertiary/aromatic N) is 2. The first-order valence-electron chi connectivity index (χ1n) is 5.64. The molecule has 1 fully saturated rings. The Morgan fingerprint density at radius 2 is 2.20 bits per heavy atom. The van der Waals surface area contributed by atoms with Crippen LogP contribution < -0.4 is 5.32 Å². The van der Waals surface area contributed by atoms with Gasteiger partial charge in [-0.2, -0.15) is 11.8 Å². The average Bonchev–Trinajstić information content (AvgIpc) is 2.66. The molecule has 1 N–H and O–H groups in total. The Morgan fingerprint density at radius 1 is 1.47 bits per heavy atom. The van der Waals surface area contributed by atoms with Crippen LogP contribution in [0.3, 0.4) is 0 Å². The number of anilines is 1. The summed E-state index contributed by atoms with van der Waals surface area (Å²) in [5.41, 5.74) is 0. The van der Waals surface area contributed by atoms with Crippen molar-refractivity contribution in [3.63, 3.8) is 0 Å². The molecule has 1 aromatic heterocycles. The number of aromatic nitrogens is 2. The summed E-state index contributed by atoms with van der Waals surface area (Å²) in [6.45, 7) is 4.30. The van der Waals surface area contributed by atoms with Crippen LogP contribution in [0.2, 0.25) is 0 Å². The molecule has 15 heavy (non-hydrogen) atoms. The van der Waals surface area contributed by atoms with Gasteiger partial charge in [-0.15, -0.1) is 0 Å². The molecule has 1 aliphatic rings. The van der Waals surface area contributed by atoms with Gasteiger partial charge in [0.1, 0.15) is 0 Å². The van der Waals surface area contributed by atoms with E-state index in [1.165, 1.54) is 24.3 Å². The Morgan fingerprint density at radius 3 is 2.87 bits per heavy atom. The monoisotopic (exact) mass is 225 g/mol. The predicted octanol–water partition coefficient (Wildman–Crippen LogP) is 2.77. The number of hydrogen-bond donors (Lipinski definition) is 1. The summed E-state index contributed by atoms with van der Waals surface area (Å²) in [7, 11) is 0. The second kappa shape index (κ2) is 4.92. The van der Waals surface area contributed by atoms with Crippen molar-refractivity contribution in [2.75, 3.05) is 16.8 Å². The molecule has 0 atom stereocenters. The Kier molecular flexibility index (Phi) is 3.57. The van der Waals surface area contributed by atoms with Crippen molar-refractivity contribution in [3.05, 3.63) is 12.4 Å². The zero-order valence-corrected chi connectivity index (χ0v) is 10.3. The van der Waals surface area contributed by atoms with Crippen LogP contribution in [0.25, 0.3) is 0 Å². The molecule has 0 radical (unpaired) electrons. The van der Waals surface area contributed by atoms with Gasteiger partial charge in [-0.25, -0.2) is 4.98 Å². The standard InChI is InChI=1S/C11H19N3S/c1-9(2)13-11-12-5-6-14(11)10-3-7-15-8-4-10/h5-6,9-10H,3-4,7-8H2,1-2H3,(H,12,13). The van der Waals surface area contributed by atoms with Crippen molar-refractivity contribution in [2.45, 2.75) is 38.8 Å². The summed E-state index contributed by atoms with van der Waals surface area (Å²) in [6.07, 6.45) is 6.54. The first-order valence-corrected chi connectivity index (χ1v) is 6.80. The maximum atomic E-state index is 4.38. The van der Waals surface area contributed by atoms with Crippen LogP contribution in [0.1, 0.15) is 32.7 Å². The zero-order valence-electron chi connectivity index (χ0n) is 9.44. The maximum Gasteiger partial charge on any atom is 0.203 e. The fraction of sp³-hybridized carbons (Fsp3) is 0.727. The predicted molar refractivity (Wildman–Crippen MR) is 66.6 cm³/mol. The summed E-state index contributed by atoms with van der Waals surface area (Å²) in [6, 6.07) is 1.10. The number of hydrogen-bond acceptors (Lipinski definition) is 3. The summed E-state index contributed by atoms with van der Waals surface area (Å²) in [4.78, 5) is 4.38. The molecule has 0 bridgehead atoms. The van der Waals surface area contributed by atoms with Crippen LogP contribution in [0.15, 0.2) is 12.4 Å². The Balaban J connectivity index is 2.09. The van der Waals surface area contributed by atoms with Crippen LogP contribution in [-0.4, -0.2) is 27.1 Å². The lowest BCUT2D eigenvalue weighted by Gasteiger charge is -2.25. The van der Waals surface area contributed by atoms with Gasteiger partial charge >= 0.3 is 0 Å². The fourth-order valence-corrected chi connectivity index (χ4v) is 3.02. The first-order chi connectivity index (χ1) is 7.27. The molecule has 0 unspecified atom stereocenters. The molecule has 1 aliphatic heterocycles. The third-order valence-electron chi connectivity index (χ3n) is 2.67. The van der Waals surface area contributed by atoms with E-state index in [9.17, 15) is 0 Å². The Bertz CT molecular complexity index is 303. The van der Waals surface area contributed by atoms with E-state index in [-0.39, 0.29) is 0 Å². The summed E-state index contributed by atoms with van der Waals surface area (Å²) in [5.74, 6) is 3.59. The van der Waals surface area contributed by atoms with E-state index in [2.05, 4.69) is 46.7 Å². The SMILES string of the molecule is CC(C)Nc1nccn1C1CCSCC1. The fourth-order valence-electron chi connectivity index (χ4n) is 1.94. The van der Waals surface area contributed by atoms with E-state index in [0.29, 0.717) is 12.1 Å². The molecule has 0 aromatic carbocycles. The quantitative estimate of drug-likeness (QED) is 0.858. The van der Waals surface area contributed by atoms with Gasteiger partial charge in [0.2, 0.25) is 5.95 Å². The zero-order chi connectivity index (χ0) is 10.7. The average molecular weight is 225 g/mol. The Labute approximate surface area is 95.7 Å². The van der Waals surface area contributed by atoms with Crippen molar-refractivity contribution in [2.24, 2.45) is 0 Å². The van der Waals surface area contributed by atoms with Crippen LogP contribution in [0.5, 0.6) is 0 Å². The summed E-state index contributed by atoms with van der Waals surface area (Å²) >= 11 is 2.06. The molecular formula is C11H19N3S. The minimum atomic E-state index is 0.448. The lowest BCUT2D eigenvalue weighted by atomic mass is 10.1. The minimum absolute atomic E-state index is 0.448. The van der Waals surface area contributed by atoms with Gasteiger partial charge in [-0.1, -0.05) is 0 Å². The van der Waals surface area contributed by atoms with Crippen LogP contribution in [0, 0.1) is 0 Å². The molecular weight excluding hydrogens is 206 g/mol. The highest BCUT2D eigenvalue weighted by molar-refractivity contribution is 7.99. The maximum absolute atomic E-state index is 4.38. The molecule has 84 valence electrons. The van der Waals surface area contributed by atoms with Gasteiger partial charge in [0.05, 0.1) is 0 Å². The molecule has 3 nitrogen and oxygen atoms in total. The molecule has 0 spiro atoms. The number of nitrogens with one attached hydrogen (secondary N) is 1. The third-order valence-corrected chi connectivity index (χ3v) is 3.72. The molecule has 2 rings (SSSR count). The van der Waals surface area contributed by atoms with Crippen molar-refractivity contribution in [3.8, 4) is 0 Å². The highest BCUT2D eigenvalue weighted by atomic mass is 32.2. The first kappa shape index (κ1) is 10.9. The molecule has 2 heterocycles. The highest BCUT2D eigenvalue weighted by Crippen LogP contribution is 2.29. The highest BCUT2D eigenvalue weighted by Gasteiger charge is 2.17. The van der Waals surface area contributed by atoms with Crippen LogP contribution in [0.4, 0.5) is 5.95 Å². The van der Waals surface area contributed by atoms with E-state index in [1.54, 1.807) is 0 Å². The van der Waals surface area contributed by atoms with E-state index < -0.39 is 0 Å². The number of imidazole rings is 1. The topological polar surface area (TPSA) is 29.9 Å². The third kappa shape index (κ3) is 2.68. The largest absolute Gasteiger partial charge is 0.353 e. The van der Waals surface area contributed by atoms with E-state index in [0.717, 1.165) is 5.95 Å². The smallest absolute Gasteiger partial charge is 0.203 e. The normalized spacial score (nSPS) is 18.3. The van der Waals surface area contributed by atoms with Crippen LogP contribution in [-0.2, 0) is 0 Å². The molecule has 4 heteroatoms. The second-order valence-corrected chi connectivity index (χ2v) is 5.53. The van der Waals surface area contributed by atoms with Gasteiger partial charge in [-0.3, -0.25) is 0 Å². The van der Waals surface area contributed by atoms with Crippen LogP contribution >= 0.6 is 11.8 Å². The Hall–Kier alpha value is -0.640. The molecule has 1 aromatic rings. The van der Waals surface area contributed by atoms with Gasteiger partial charge in [0.15, 0.2) is 0 Å². The van der Waals surface area contributed by atoms with Gasteiger partial charge in [0, 0.05) is 24.5 Å². The van der Waals surface area contributed by atoms with E-state index in [4.69, 9.17) is 0 Å². The lowest BCUT2D eigenvalue weighted by molar-refractivity contribution is 0.472. The minimum Gasteiger partial charge on any atom is -0.353 e. The number of rotatable bonds is 3. The van der Waals surface area contributed by atoms with Gasteiger partial charge in [-0.05, 0) is 38.2 Å². The number of thioether (sulfide) groups is 1. The summed E-state index contributed by atoms with van der Waals surface area (Å²) in [5, 5.41) is 3.40. The molecule has 0 saturated carbocycles. The second-order valence-electron chi connectivity index (χ2n) is 4.30. The van der Waals surface area contributed by atoms with E-state index >= 15 is 0 Å². The van der Waals surface area contributed by atoms with Crippen molar-refractivity contribution >= 4 is 17.7 Å². The van der Waals surface area contributed by atoms with E-state index in [1.807, 2.05) is 6.20 Å². The molecule has 0 amide bonds. The van der Waals surface area contributed by atoms with Crippen molar-refractivity contribution < 1.29 is 0 Å². The lowest BCUT2D eigenvalue weighted by Crippen LogP contribution is -2.20. The summed E-state index contributed by atoms with van der Waals surface area (Å²) < 4.78 is 2.31. The van der Waals surface area contributed by atoms with Crippen molar-refractivity contribution in [1.29, 1.82) is 0 Å². The van der Waals surface area contributed by atoms with Gasteiger partial charge < -0.3 is 9.88 Å².